The molecule has 0 atom stereocenters. The van der Waals surface area contributed by atoms with Gasteiger partial charge in [0.1, 0.15) is 16.4 Å². The summed E-state index contributed by atoms with van der Waals surface area (Å²) in [6.45, 7) is 0.884. The van der Waals surface area contributed by atoms with Crippen molar-refractivity contribution in [1.29, 1.82) is 0 Å². The molecule has 0 unspecified atom stereocenters. The largest absolute Gasteiger partial charge is 0.433 e. The van der Waals surface area contributed by atoms with E-state index in [9.17, 15) is 14.9 Å². The van der Waals surface area contributed by atoms with Crippen LogP contribution in [0.2, 0.25) is 0 Å². The summed E-state index contributed by atoms with van der Waals surface area (Å²) in [6.07, 6.45) is 0. The highest BCUT2D eigenvalue weighted by Gasteiger charge is 2.17. The lowest BCUT2D eigenvalue weighted by atomic mass is 10.1. The maximum Gasteiger partial charge on any atom is 0.433 e. The van der Waals surface area contributed by atoms with Crippen LogP contribution in [0.25, 0.3) is 10.9 Å². The van der Waals surface area contributed by atoms with E-state index in [1.54, 1.807) is 6.07 Å². The second-order valence-corrected chi connectivity index (χ2v) is 7.67. The van der Waals surface area contributed by atoms with Crippen molar-refractivity contribution in [2.75, 3.05) is 0 Å². The summed E-state index contributed by atoms with van der Waals surface area (Å²) < 4.78 is 5.13. The van der Waals surface area contributed by atoms with E-state index in [0.29, 0.717) is 24.5 Å². The number of nitrogens with zero attached hydrogens (tertiary/aromatic N) is 1. The fourth-order valence-electron chi connectivity index (χ4n) is 3.10. The molecule has 4 aromatic rings. The molecule has 2 aromatic carbocycles. The number of nitrogens with one attached hydrogen (secondary N) is 2. The molecule has 0 aliphatic carbocycles. The zero-order valence-corrected chi connectivity index (χ0v) is 16.6. The van der Waals surface area contributed by atoms with Crippen molar-refractivity contribution in [3.05, 3.63) is 87.8 Å². The molecule has 0 fully saturated rings. The van der Waals surface area contributed by atoms with Crippen LogP contribution in [-0.2, 0) is 13.1 Å². The fraction of sp³-hybridized carbons (Fsp3) is 0.0952. The Labute approximate surface area is 175 Å². The molecular formula is C21H18N4O4S. The van der Waals surface area contributed by atoms with Crippen LogP contribution < -0.4 is 11.1 Å². The molecule has 0 aliphatic rings. The van der Waals surface area contributed by atoms with Crippen molar-refractivity contribution in [2.45, 2.75) is 22.9 Å². The van der Waals surface area contributed by atoms with Gasteiger partial charge >= 0.3 is 5.88 Å². The van der Waals surface area contributed by atoms with E-state index in [1.807, 2.05) is 48.5 Å². The highest BCUT2D eigenvalue weighted by Crippen LogP contribution is 2.36. The van der Waals surface area contributed by atoms with Crippen LogP contribution >= 0.6 is 11.8 Å². The first kappa shape index (κ1) is 19.7. The number of hydrogen-bond donors (Lipinski definition) is 3. The fourth-order valence-corrected chi connectivity index (χ4v) is 4.18. The number of aromatic nitrogens is 1. The smallest absolute Gasteiger partial charge is 0.404 e. The van der Waals surface area contributed by atoms with Gasteiger partial charge in [0.15, 0.2) is 0 Å². The number of H-pyrrole nitrogens is 1. The molecule has 1 amide bonds. The maximum absolute atomic E-state index is 12.0. The number of fused-ring (bicyclic) bond motifs is 1. The summed E-state index contributed by atoms with van der Waals surface area (Å²) in [7, 11) is 0. The predicted molar refractivity (Wildman–Crippen MR) is 113 cm³/mol. The molecule has 0 radical (unpaired) electrons. The van der Waals surface area contributed by atoms with Crippen molar-refractivity contribution in [3.63, 3.8) is 0 Å². The lowest BCUT2D eigenvalue weighted by molar-refractivity contribution is -0.402. The van der Waals surface area contributed by atoms with Crippen LogP contribution in [0.1, 0.15) is 21.8 Å². The number of rotatable bonds is 8. The van der Waals surface area contributed by atoms with Gasteiger partial charge in [0, 0.05) is 22.3 Å². The van der Waals surface area contributed by atoms with Crippen LogP contribution in [0.3, 0.4) is 0 Å². The van der Waals surface area contributed by atoms with Crippen molar-refractivity contribution in [1.82, 2.24) is 10.3 Å². The number of amides is 1. The van der Waals surface area contributed by atoms with Gasteiger partial charge in [0.25, 0.3) is 5.91 Å². The van der Waals surface area contributed by atoms with Gasteiger partial charge in [0.2, 0.25) is 0 Å². The Kier molecular flexibility index (Phi) is 5.55. The number of carbonyl (C=O) groups is 1. The minimum Gasteiger partial charge on any atom is -0.404 e. The Hall–Kier alpha value is -3.56. The quantitative estimate of drug-likeness (QED) is 0.288. The minimum atomic E-state index is -0.565. The summed E-state index contributed by atoms with van der Waals surface area (Å²) in [5, 5.41) is 14.8. The third-order valence-corrected chi connectivity index (χ3v) is 5.62. The number of aromatic amines is 1. The lowest BCUT2D eigenvalue weighted by Crippen LogP contribution is -2.12. The third kappa shape index (κ3) is 4.22. The molecule has 0 aliphatic heterocycles. The van der Waals surface area contributed by atoms with Gasteiger partial charge in [-0.2, -0.15) is 0 Å². The van der Waals surface area contributed by atoms with E-state index in [2.05, 4.69) is 10.3 Å². The van der Waals surface area contributed by atoms with Gasteiger partial charge in [-0.1, -0.05) is 42.1 Å². The summed E-state index contributed by atoms with van der Waals surface area (Å²) in [5.41, 5.74) is 7.76. The first-order chi connectivity index (χ1) is 14.5. The van der Waals surface area contributed by atoms with Gasteiger partial charge in [-0.05, 0) is 29.8 Å². The molecule has 9 heteroatoms. The molecule has 152 valence electrons. The Morgan fingerprint density at radius 2 is 1.93 bits per heavy atom. The Balaban J connectivity index is 1.52. The molecule has 4 rings (SSSR count). The molecule has 0 saturated carbocycles. The molecule has 2 aromatic heterocycles. The van der Waals surface area contributed by atoms with Crippen molar-refractivity contribution < 1.29 is 14.1 Å². The first-order valence-electron chi connectivity index (χ1n) is 9.12. The van der Waals surface area contributed by atoms with Crippen molar-refractivity contribution in [3.8, 4) is 0 Å². The van der Waals surface area contributed by atoms with Crippen molar-refractivity contribution >= 4 is 34.5 Å². The number of hydrogen-bond acceptors (Lipinski definition) is 6. The normalized spacial score (nSPS) is 11.1. The number of carbonyl (C=O) groups excluding carboxylic acids is 1. The Morgan fingerprint density at radius 1 is 1.13 bits per heavy atom. The van der Waals surface area contributed by atoms with E-state index in [1.165, 1.54) is 17.8 Å². The van der Waals surface area contributed by atoms with E-state index in [-0.39, 0.29) is 5.88 Å². The first-order valence-corrected chi connectivity index (χ1v) is 9.94. The van der Waals surface area contributed by atoms with Crippen LogP contribution in [-0.4, -0.2) is 15.8 Å². The monoisotopic (exact) mass is 422 g/mol. The average Bonchev–Trinajstić information content (AvgIpc) is 3.34. The number of primary amides is 1. The lowest BCUT2D eigenvalue weighted by Gasteiger charge is -2.05. The zero-order chi connectivity index (χ0) is 21.1. The molecule has 0 saturated heterocycles. The maximum atomic E-state index is 12.0. The second-order valence-electron chi connectivity index (χ2n) is 6.59. The number of benzene rings is 2. The summed E-state index contributed by atoms with van der Waals surface area (Å²) in [5.74, 6) is -0.300. The molecule has 2 heterocycles. The molecule has 4 N–H and O–H groups in total. The summed E-state index contributed by atoms with van der Waals surface area (Å²) in [6, 6.07) is 18.6. The van der Waals surface area contributed by atoms with Gasteiger partial charge in [-0.15, -0.1) is 0 Å². The Bertz CT molecular complexity index is 1220. The molecule has 0 bridgehead atoms. The predicted octanol–water partition coefficient (Wildman–Crippen LogP) is 4.21. The van der Waals surface area contributed by atoms with Gasteiger partial charge in [-0.3, -0.25) is 14.9 Å². The van der Waals surface area contributed by atoms with Gasteiger partial charge in [0.05, 0.1) is 17.5 Å². The number of nitro groups is 1. The van der Waals surface area contributed by atoms with E-state index < -0.39 is 10.8 Å². The highest BCUT2D eigenvalue weighted by atomic mass is 32.2. The van der Waals surface area contributed by atoms with E-state index in [0.717, 1.165) is 26.3 Å². The van der Waals surface area contributed by atoms with E-state index in [4.69, 9.17) is 10.2 Å². The number of furan rings is 1. The molecule has 8 nitrogen and oxygen atoms in total. The van der Waals surface area contributed by atoms with Crippen LogP contribution in [0.4, 0.5) is 5.88 Å². The zero-order valence-electron chi connectivity index (χ0n) is 15.8. The SMILES string of the molecule is NC(=O)c1[nH]c2cc(CNCc3ccc([N+](=O)[O-])o3)ccc2c1Sc1ccccc1. The van der Waals surface area contributed by atoms with Crippen molar-refractivity contribution in [2.24, 2.45) is 5.73 Å². The molecule has 0 spiro atoms. The summed E-state index contributed by atoms with van der Waals surface area (Å²) >= 11 is 1.49. The van der Waals surface area contributed by atoms with Gasteiger partial charge in [-0.25, -0.2) is 0 Å². The third-order valence-electron chi connectivity index (χ3n) is 4.48. The summed E-state index contributed by atoms with van der Waals surface area (Å²) in [4.78, 5) is 27.0. The van der Waals surface area contributed by atoms with Crippen LogP contribution in [0, 0.1) is 10.1 Å². The highest BCUT2D eigenvalue weighted by molar-refractivity contribution is 7.99. The molecule has 30 heavy (non-hydrogen) atoms. The van der Waals surface area contributed by atoms with E-state index >= 15 is 0 Å². The van der Waals surface area contributed by atoms with Gasteiger partial charge < -0.3 is 20.5 Å². The topological polar surface area (TPSA) is 127 Å². The second kappa shape index (κ2) is 8.44. The number of nitrogens with two attached hydrogens (primary N) is 1. The molecular weight excluding hydrogens is 404 g/mol. The Morgan fingerprint density at radius 3 is 2.63 bits per heavy atom. The average molecular weight is 422 g/mol. The van der Waals surface area contributed by atoms with Crippen LogP contribution in [0.5, 0.6) is 0 Å². The minimum absolute atomic E-state index is 0.276. The van der Waals surface area contributed by atoms with Crippen LogP contribution in [0.15, 0.2) is 74.9 Å². The standard InChI is InChI=1S/C21H18N4O4S/c22-21(26)19-20(30-15-4-2-1-3-5-15)16-8-6-13(10-17(16)24-19)11-23-12-14-7-9-18(29-14)25(27)28/h1-10,23-24H,11-12H2,(H2,22,26).